The second-order valence-electron chi connectivity index (χ2n) is 7.69. The predicted octanol–water partition coefficient (Wildman–Crippen LogP) is 2.02. The summed E-state index contributed by atoms with van der Waals surface area (Å²) in [5.41, 5.74) is 2.84. The van der Waals surface area contributed by atoms with Gasteiger partial charge in [-0.05, 0) is 30.7 Å². The lowest BCUT2D eigenvalue weighted by Crippen LogP contribution is -2.61. The summed E-state index contributed by atoms with van der Waals surface area (Å²) in [5.74, 6) is 0.829. The molecule has 7 nitrogen and oxygen atoms in total. The third-order valence-electron chi connectivity index (χ3n) is 5.33. The Hall–Kier alpha value is -2.53. The van der Waals surface area contributed by atoms with E-state index in [2.05, 4.69) is 32.3 Å². The van der Waals surface area contributed by atoms with E-state index in [9.17, 15) is 0 Å². The first kappa shape index (κ1) is 18.8. The molecular weight excluding hydrogens is 354 g/mol. The first-order valence-corrected chi connectivity index (χ1v) is 9.62. The molecule has 0 radical (unpaired) electrons. The molecule has 1 N–H and O–H groups in total. The molecule has 2 aliphatic heterocycles. The second kappa shape index (κ2) is 8.23. The molecule has 4 rings (SSSR count). The average Bonchev–Trinajstić information content (AvgIpc) is 2.72. The lowest BCUT2D eigenvalue weighted by atomic mass is 9.83. The number of hydrogen-bond donors (Lipinski definition) is 1. The first-order chi connectivity index (χ1) is 13.7. The number of nitriles is 1. The fourth-order valence-corrected chi connectivity index (χ4v) is 3.47. The zero-order chi connectivity index (χ0) is 19.4. The fourth-order valence-electron chi connectivity index (χ4n) is 3.47. The lowest BCUT2D eigenvalue weighted by Gasteiger charge is -2.46. The highest BCUT2D eigenvalue weighted by atomic mass is 16.7. The maximum Gasteiger partial charge on any atom is 0.159 e. The highest BCUT2D eigenvalue weighted by molar-refractivity contribution is 5.42. The summed E-state index contributed by atoms with van der Waals surface area (Å²) < 4.78 is 11.9. The van der Waals surface area contributed by atoms with Gasteiger partial charge in [0, 0.05) is 56.1 Å². The normalized spacial score (nSPS) is 18.4. The molecule has 0 saturated carbocycles. The molecule has 0 unspecified atom stereocenters. The topological polar surface area (TPSA) is 83.3 Å². The standard InChI is InChI=1S/C21H25N5O2/c1-16-2-3-18(10-24-16)11-26(19-5-4-17(8-22)9-25-19)7-6-20-27-14-21(15-28-20)12-23-13-21/h2-5,9-10,20,23H,6-7,11-15H2,1H3. The van der Waals surface area contributed by atoms with Crippen LogP contribution in [0.1, 0.15) is 23.2 Å². The predicted molar refractivity (Wildman–Crippen MR) is 105 cm³/mol. The number of ether oxygens (including phenoxy) is 2. The van der Waals surface area contributed by atoms with E-state index < -0.39 is 0 Å². The van der Waals surface area contributed by atoms with Crippen molar-refractivity contribution in [2.75, 3.05) is 37.7 Å². The van der Waals surface area contributed by atoms with Gasteiger partial charge in [-0.3, -0.25) is 4.98 Å². The Labute approximate surface area is 165 Å². The van der Waals surface area contributed by atoms with Crippen molar-refractivity contribution in [3.05, 3.63) is 53.5 Å². The van der Waals surface area contributed by atoms with Crippen molar-refractivity contribution in [2.45, 2.75) is 26.2 Å². The maximum absolute atomic E-state index is 9.02. The molecule has 0 amide bonds. The molecule has 2 aliphatic rings. The molecule has 0 aromatic carbocycles. The molecule has 0 aliphatic carbocycles. The molecule has 2 saturated heterocycles. The monoisotopic (exact) mass is 379 g/mol. The van der Waals surface area contributed by atoms with Gasteiger partial charge in [0.15, 0.2) is 6.29 Å². The van der Waals surface area contributed by atoms with Crippen LogP contribution in [0.2, 0.25) is 0 Å². The Kier molecular flexibility index (Phi) is 5.53. The van der Waals surface area contributed by atoms with Crippen LogP contribution in [-0.2, 0) is 16.0 Å². The minimum absolute atomic E-state index is 0.179. The second-order valence-corrected chi connectivity index (χ2v) is 7.69. The van der Waals surface area contributed by atoms with Crippen molar-refractivity contribution in [3.8, 4) is 6.07 Å². The van der Waals surface area contributed by atoms with E-state index in [0.29, 0.717) is 12.1 Å². The van der Waals surface area contributed by atoms with Gasteiger partial charge in [0.25, 0.3) is 0 Å². The zero-order valence-electron chi connectivity index (χ0n) is 16.1. The Morgan fingerprint density at radius 2 is 2.00 bits per heavy atom. The SMILES string of the molecule is Cc1ccc(CN(CCC2OCC3(CNC3)CO2)c2ccc(C#N)cn2)cn1. The van der Waals surface area contributed by atoms with Crippen LogP contribution in [0.5, 0.6) is 0 Å². The molecule has 4 heterocycles. The number of aryl methyl sites for hydroxylation is 1. The summed E-state index contributed by atoms with van der Waals surface area (Å²) in [4.78, 5) is 11.0. The number of aromatic nitrogens is 2. The van der Waals surface area contributed by atoms with Gasteiger partial charge in [-0.1, -0.05) is 6.07 Å². The number of nitrogens with zero attached hydrogens (tertiary/aromatic N) is 4. The van der Waals surface area contributed by atoms with Gasteiger partial charge >= 0.3 is 0 Å². The van der Waals surface area contributed by atoms with Crippen LogP contribution in [-0.4, -0.2) is 49.1 Å². The molecule has 1 spiro atoms. The van der Waals surface area contributed by atoms with Crippen LogP contribution in [0, 0.1) is 23.7 Å². The Bertz CT molecular complexity index is 817. The first-order valence-electron chi connectivity index (χ1n) is 9.62. The summed E-state index contributed by atoms with van der Waals surface area (Å²) >= 11 is 0. The van der Waals surface area contributed by atoms with Crippen LogP contribution in [0.4, 0.5) is 5.82 Å². The molecule has 2 aromatic rings. The highest BCUT2D eigenvalue weighted by Gasteiger charge is 2.41. The van der Waals surface area contributed by atoms with Gasteiger partial charge in [-0.15, -0.1) is 0 Å². The average molecular weight is 379 g/mol. The number of nitrogens with one attached hydrogen (secondary N) is 1. The molecule has 28 heavy (non-hydrogen) atoms. The molecule has 146 valence electrons. The van der Waals surface area contributed by atoms with Gasteiger partial charge in [0.05, 0.1) is 18.8 Å². The minimum Gasteiger partial charge on any atom is -0.352 e. The fraction of sp³-hybridized carbons (Fsp3) is 0.476. The van der Waals surface area contributed by atoms with E-state index in [1.165, 1.54) is 0 Å². The molecular formula is C21H25N5O2. The van der Waals surface area contributed by atoms with Gasteiger partial charge in [-0.2, -0.15) is 5.26 Å². The Morgan fingerprint density at radius 3 is 2.57 bits per heavy atom. The van der Waals surface area contributed by atoms with E-state index in [0.717, 1.165) is 56.3 Å². The van der Waals surface area contributed by atoms with Crippen LogP contribution < -0.4 is 10.2 Å². The van der Waals surface area contributed by atoms with Crippen molar-refractivity contribution < 1.29 is 9.47 Å². The van der Waals surface area contributed by atoms with Crippen LogP contribution in [0.25, 0.3) is 0 Å². The smallest absolute Gasteiger partial charge is 0.159 e. The van der Waals surface area contributed by atoms with Gasteiger partial charge in [0.1, 0.15) is 11.9 Å². The van der Waals surface area contributed by atoms with Crippen LogP contribution in [0.15, 0.2) is 36.7 Å². The van der Waals surface area contributed by atoms with Crippen molar-refractivity contribution >= 4 is 5.82 Å². The largest absolute Gasteiger partial charge is 0.352 e. The van der Waals surface area contributed by atoms with Crippen molar-refractivity contribution in [3.63, 3.8) is 0 Å². The minimum atomic E-state index is -0.191. The molecule has 2 aromatic heterocycles. The molecule has 2 fully saturated rings. The van der Waals surface area contributed by atoms with Gasteiger partial charge in [-0.25, -0.2) is 4.98 Å². The van der Waals surface area contributed by atoms with Gasteiger partial charge < -0.3 is 19.7 Å². The Balaban J connectivity index is 1.41. The van der Waals surface area contributed by atoms with E-state index in [-0.39, 0.29) is 11.7 Å². The van der Waals surface area contributed by atoms with E-state index in [1.807, 2.05) is 25.3 Å². The highest BCUT2D eigenvalue weighted by Crippen LogP contribution is 2.29. The number of pyridine rings is 2. The molecule has 7 heteroatoms. The molecule has 0 atom stereocenters. The van der Waals surface area contributed by atoms with Gasteiger partial charge in [0.2, 0.25) is 0 Å². The number of hydrogen-bond acceptors (Lipinski definition) is 7. The number of anilines is 1. The summed E-state index contributed by atoms with van der Waals surface area (Å²) in [5, 5.41) is 12.3. The molecule has 0 bridgehead atoms. The quantitative estimate of drug-likeness (QED) is 0.822. The van der Waals surface area contributed by atoms with E-state index >= 15 is 0 Å². The number of rotatable bonds is 6. The Morgan fingerprint density at radius 1 is 1.18 bits per heavy atom. The summed E-state index contributed by atoms with van der Waals surface area (Å²) in [6.45, 7) is 6.85. The summed E-state index contributed by atoms with van der Waals surface area (Å²) in [6, 6.07) is 9.89. The lowest BCUT2D eigenvalue weighted by molar-refractivity contribution is -0.239. The van der Waals surface area contributed by atoms with E-state index in [4.69, 9.17) is 14.7 Å². The maximum atomic E-state index is 9.02. The third kappa shape index (κ3) is 4.30. The van der Waals surface area contributed by atoms with E-state index in [1.54, 1.807) is 12.3 Å². The van der Waals surface area contributed by atoms with Crippen molar-refractivity contribution in [1.82, 2.24) is 15.3 Å². The van der Waals surface area contributed by atoms with Crippen molar-refractivity contribution in [2.24, 2.45) is 5.41 Å². The summed E-state index contributed by atoms with van der Waals surface area (Å²) in [7, 11) is 0. The van der Waals surface area contributed by atoms with Crippen LogP contribution >= 0.6 is 0 Å². The van der Waals surface area contributed by atoms with Crippen molar-refractivity contribution in [1.29, 1.82) is 5.26 Å². The van der Waals surface area contributed by atoms with Crippen LogP contribution in [0.3, 0.4) is 0 Å². The summed E-state index contributed by atoms with van der Waals surface area (Å²) in [6.07, 6.45) is 4.07. The zero-order valence-corrected chi connectivity index (χ0v) is 16.1. The third-order valence-corrected chi connectivity index (χ3v) is 5.33.